The second kappa shape index (κ2) is 6.66. The summed E-state index contributed by atoms with van der Waals surface area (Å²) >= 11 is 0. The lowest BCUT2D eigenvalue weighted by Crippen LogP contribution is -2.45. The number of benzene rings is 1. The molecule has 1 aromatic carbocycles. The van der Waals surface area contributed by atoms with E-state index >= 15 is 0 Å². The molecule has 3 N–H and O–H groups in total. The molecule has 3 nitrogen and oxygen atoms in total. The molecule has 0 radical (unpaired) electrons. The fourth-order valence-electron chi connectivity index (χ4n) is 1.17. The Bertz CT molecular complexity index is 320. The minimum absolute atomic E-state index is 0. The van der Waals surface area contributed by atoms with Crippen LogP contribution in [0.25, 0.3) is 0 Å². The van der Waals surface area contributed by atoms with Crippen molar-refractivity contribution in [2.45, 2.75) is 25.8 Å². The summed E-state index contributed by atoms with van der Waals surface area (Å²) in [5.74, 6) is 0.0136. The van der Waals surface area contributed by atoms with E-state index < -0.39 is 0 Å². The molecule has 1 rings (SSSR count). The minimum Gasteiger partial charge on any atom is -0.354 e. The summed E-state index contributed by atoms with van der Waals surface area (Å²) in [5, 5.41) is 2.81. The number of amides is 1. The SMILES string of the molecule is Br.CC(C)(N)CNC(=O)Cc1ccccc1. The third-order valence-corrected chi connectivity index (χ3v) is 1.95. The molecule has 16 heavy (non-hydrogen) atoms. The van der Waals surface area contributed by atoms with E-state index in [1.54, 1.807) is 0 Å². The van der Waals surface area contributed by atoms with Crippen LogP contribution in [0.2, 0.25) is 0 Å². The summed E-state index contributed by atoms with van der Waals surface area (Å²) in [7, 11) is 0. The number of carbonyl (C=O) groups is 1. The zero-order valence-electron chi connectivity index (χ0n) is 9.69. The van der Waals surface area contributed by atoms with Gasteiger partial charge in [0.15, 0.2) is 0 Å². The fourth-order valence-corrected chi connectivity index (χ4v) is 1.17. The van der Waals surface area contributed by atoms with Gasteiger partial charge in [-0.15, -0.1) is 17.0 Å². The molecule has 0 aliphatic heterocycles. The van der Waals surface area contributed by atoms with Gasteiger partial charge in [-0.3, -0.25) is 4.79 Å². The van der Waals surface area contributed by atoms with Crippen LogP contribution < -0.4 is 11.1 Å². The van der Waals surface area contributed by atoms with E-state index in [1.807, 2.05) is 44.2 Å². The Morgan fingerprint density at radius 3 is 2.38 bits per heavy atom. The first-order valence-corrected chi connectivity index (χ1v) is 5.07. The first kappa shape index (κ1) is 15.1. The summed E-state index contributed by atoms with van der Waals surface area (Å²) in [6.45, 7) is 4.27. The Kier molecular flexibility index (Phi) is 6.29. The highest BCUT2D eigenvalue weighted by Gasteiger charge is 2.12. The van der Waals surface area contributed by atoms with Crippen LogP contribution in [0.15, 0.2) is 30.3 Å². The molecule has 0 fully saturated rings. The smallest absolute Gasteiger partial charge is 0.224 e. The Labute approximate surface area is 107 Å². The van der Waals surface area contributed by atoms with E-state index in [0.29, 0.717) is 13.0 Å². The molecule has 90 valence electrons. The number of carbonyl (C=O) groups excluding carboxylic acids is 1. The monoisotopic (exact) mass is 286 g/mol. The van der Waals surface area contributed by atoms with Crippen molar-refractivity contribution in [3.63, 3.8) is 0 Å². The summed E-state index contributed by atoms with van der Waals surface area (Å²) in [5.41, 5.74) is 6.43. The average Bonchev–Trinajstić information content (AvgIpc) is 2.15. The van der Waals surface area contributed by atoms with Gasteiger partial charge in [0.25, 0.3) is 0 Å². The molecule has 0 aliphatic carbocycles. The van der Waals surface area contributed by atoms with Gasteiger partial charge in [-0.25, -0.2) is 0 Å². The van der Waals surface area contributed by atoms with Gasteiger partial charge in [0.1, 0.15) is 0 Å². The highest BCUT2D eigenvalue weighted by molar-refractivity contribution is 8.93. The third kappa shape index (κ3) is 6.58. The highest BCUT2D eigenvalue weighted by Crippen LogP contribution is 1.99. The number of rotatable bonds is 4. The molecule has 0 spiro atoms. The van der Waals surface area contributed by atoms with Crippen molar-refractivity contribution < 1.29 is 4.79 Å². The molecule has 1 aromatic rings. The molecule has 0 heterocycles. The average molecular weight is 287 g/mol. The van der Waals surface area contributed by atoms with Crippen LogP contribution in [0.1, 0.15) is 19.4 Å². The van der Waals surface area contributed by atoms with Gasteiger partial charge in [-0.2, -0.15) is 0 Å². The topological polar surface area (TPSA) is 55.1 Å². The van der Waals surface area contributed by atoms with Crippen molar-refractivity contribution in [2.24, 2.45) is 5.73 Å². The lowest BCUT2D eigenvalue weighted by molar-refractivity contribution is -0.120. The maximum absolute atomic E-state index is 11.5. The summed E-state index contributed by atoms with van der Waals surface area (Å²) < 4.78 is 0. The number of hydrogen-bond donors (Lipinski definition) is 2. The van der Waals surface area contributed by atoms with Crippen molar-refractivity contribution in [1.29, 1.82) is 0 Å². The van der Waals surface area contributed by atoms with Crippen LogP contribution in [0.3, 0.4) is 0 Å². The van der Waals surface area contributed by atoms with E-state index in [9.17, 15) is 4.79 Å². The first-order valence-electron chi connectivity index (χ1n) is 5.07. The van der Waals surface area contributed by atoms with E-state index in [0.717, 1.165) is 5.56 Å². The van der Waals surface area contributed by atoms with Crippen molar-refractivity contribution in [2.75, 3.05) is 6.54 Å². The van der Waals surface area contributed by atoms with Gasteiger partial charge >= 0.3 is 0 Å². The van der Waals surface area contributed by atoms with Crippen LogP contribution in [0.4, 0.5) is 0 Å². The van der Waals surface area contributed by atoms with Crippen LogP contribution >= 0.6 is 17.0 Å². The zero-order chi connectivity index (χ0) is 11.3. The van der Waals surface area contributed by atoms with Gasteiger partial charge in [-0.05, 0) is 19.4 Å². The van der Waals surface area contributed by atoms with Crippen LogP contribution in [-0.2, 0) is 11.2 Å². The zero-order valence-corrected chi connectivity index (χ0v) is 11.4. The molecule has 0 aromatic heterocycles. The van der Waals surface area contributed by atoms with Gasteiger partial charge in [-0.1, -0.05) is 30.3 Å². The molecule has 0 atom stereocenters. The molecule has 0 saturated carbocycles. The van der Waals surface area contributed by atoms with E-state index in [1.165, 1.54) is 0 Å². The maximum Gasteiger partial charge on any atom is 0.224 e. The quantitative estimate of drug-likeness (QED) is 0.885. The molecular formula is C12H19BrN2O. The molecule has 0 saturated heterocycles. The highest BCUT2D eigenvalue weighted by atomic mass is 79.9. The van der Waals surface area contributed by atoms with E-state index in [2.05, 4.69) is 5.32 Å². The largest absolute Gasteiger partial charge is 0.354 e. The van der Waals surface area contributed by atoms with Gasteiger partial charge in [0.05, 0.1) is 6.42 Å². The maximum atomic E-state index is 11.5. The number of nitrogens with two attached hydrogens (primary N) is 1. The minimum atomic E-state index is -0.355. The van der Waals surface area contributed by atoms with Crippen molar-refractivity contribution in [3.8, 4) is 0 Å². The third-order valence-electron chi connectivity index (χ3n) is 1.95. The molecule has 4 heteroatoms. The first-order chi connectivity index (χ1) is 6.97. The second-order valence-electron chi connectivity index (χ2n) is 4.43. The molecule has 1 amide bonds. The predicted octanol–water partition coefficient (Wildman–Crippen LogP) is 1.66. The molecule has 0 unspecified atom stereocenters. The van der Waals surface area contributed by atoms with Crippen molar-refractivity contribution in [3.05, 3.63) is 35.9 Å². The van der Waals surface area contributed by atoms with E-state index in [4.69, 9.17) is 5.73 Å². The second-order valence-corrected chi connectivity index (χ2v) is 4.43. The van der Waals surface area contributed by atoms with Crippen LogP contribution in [0, 0.1) is 0 Å². The Morgan fingerprint density at radius 1 is 1.31 bits per heavy atom. The Balaban J connectivity index is 0.00000225. The molecular weight excluding hydrogens is 268 g/mol. The molecule has 0 bridgehead atoms. The lowest BCUT2D eigenvalue weighted by Gasteiger charge is -2.18. The van der Waals surface area contributed by atoms with Crippen LogP contribution in [-0.4, -0.2) is 18.0 Å². The number of nitrogens with one attached hydrogen (secondary N) is 1. The van der Waals surface area contributed by atoms with Gasteiger partial charge in [0.2, 0.25) is 5.91 Å². The van der Waals surface area contributed by atoms with Gasteiger partial charge in [0, 0.05) is 12.1 Å². The summed E-state index contributed by atoms with van der Waals surface area (Å²) in [6.07, 6.45) is 0.414. The Hall–Kier alpha value is -0.870. The summed E-state index contributed by atoms with van der Waals surface area (Å²) in [6, 6.07) is 9.66. The van der Waals surface area contributed by atoms with Crippen LogP contribution in [0.5, 0.6) is 0 Å². The standard InChI is InChI=1S/C12H18N2O.BrH/c1-12(2,13)9-14-11(15)8-10-6-4-3-5-7-10;/h3-7H,8-9,13H2,1-2H3,(H,14,15);1H. The van der Waals surface area contributed by atoms with Crippen molar-refractivity contribution in [1.82, 2.24) is 5.32 Å². The molecule has 0 aliphatic rings. The predicted molar refractivity (Wildman–Crippen MR) is 71.7 cm³/mol. The lowest BCUT2D eigenvalue weighted by atomic mass is 10.1. The number of hydrogen-bond acceptors (Lipinski definition) is 2. The van der Waals surface area contributed by atoms with Crippen molar-refractivity contribution >= 4 is 22.9 Å². The number of halogens is 1. The summed E-state index contributed by atoms with van der Waals surface area (Å²) in [4.78, 5) is 11.5. The normalized spacial score (nSPS) is 10.4. The Morgan fingerprint density at radius 2 is 1.88 bits per heavy atom. The van der Waals surface area contributed by atoms with E-state index in [-0.39, 0.29) is 28.4 Å². The fraction of sp³-hybridized carbons (Fsp3) is 0.417. The van der Waals surface area contributed by atoms with Gasteiger partial charge < -0.3 is 11.1 Å².